The molecule has 11 heteroatoms. The lowest BCUT2D eigenvalue weighted by Gasteiger charge is -2.40. The van der Waals surface area contributed by atoms with Gasteiger partial charge in [-0.1, -0.05) is 11.6 Å². The molecule has 2 aliphatic rings. The lowest BCUT2D eigenvalue weighted by atomic mass is 10.1. The third-order valence-electron chi connectivity index (χ3n) is 3.14. The summed E-state index contributed by atoms with van der Waals surface area (Å²) >= 11 is 5.19. The monoisotopic (exact) mass is 314 g/mol. The number of rotatable bonds is 2. The predicted octanol–water partition coefficient (Wildman–Crippen LogP) is -2.80. The highest BCUT2D eigenvalue weighted by atomic mass is 35.5. The summed E-state index contributed by atoms with van der Waals surface area (Å²) in [4.78, 5) is 23.0. The number of amides is 3. The van der Waals surface area contributed by atoms with Gasteiger partial charge in [0.25, 0.3) is 5.91 Å². The normalized spacial score (nSPS) is 45.7. The molecule has 0 aromatic rings. The molecule has 20 heavy (non-hydrogen) atoms. The molecule has 0 radical (unpaired) electrons. The van der Waals surface area contributed by atoms with E-state index in [1.165, 1.54) is 0 Å². The molecule has 2 rings (SSSR count). The van der Waals surface area contributed by atoms with Crippen LogP contribution in [0.5, 0.6) is 0 Å². The van der Waals surface area contributed by atoms with Crippen LogP contribution in [-0.4, -0.2) is 79.8 Å². The van der Waals surface area contributed by atoms with Crippen LogP contribution in [0.4, 0.5) is 9.18 Å². The molecule has 0 aromatic heterocycles. The smallest absolute Gasteiger partial charge is 0.328 e. The first-order valence-corrected chi connectivity index (χ1v) is 5.91. The van der Waals surface area contributed by atoms with Gasteiger partial charge in [0.2, 0.25) is 0 Å². The van der Waals surface area contributed by atoms with Gasteiger partial charge in [-0.15, -0.1) is 0 Å². The fourth-order valence-electron chi connectivity index (χ4n) is 2.01. The van der Waals surface area contributed by atoms with Gasteiger partial charge < -0.3 is 25.2 Å². The highest BCUT2D eigenvalue weighted by Crippen LogP contribution is 2.33. The van der Waals surface area contributed by atoms with Crippen LogP contribution >= 0.6 is 11.6 Å². The second kappa shape index (κ2) is 5.06. The topological polar surface area (TPSA) is 140 Å². The number of nitrogens with one attached hydrogen (secondary N) is 1. The molecule has 3 amide bonds. The first-order chi connectivity index (χ1) is 9.21. The molecule has 114 valence electrons. The summed E-state index contributed by atoms with van der Waals surface area (Å²) in [6.07, 6.45) is -8.65. The molecule has 6 atom stereocenters. The van der Waals surface area contributed by atoms with Crippen LogP contribution in [-0.2, 0) is 9.53 Å². The summed E-state index contributed by atoms with van der Waals surface area (Å²) in [6, 6.07) is -1.26. The Hall–Kier alpha value is -1.04. The summed E-state index contributed by atoms with van der Waals surface area (Å²) < 4.78 is 18.8. The molecule has 9 nitrogen and oxygen atoms in total. The Morgan fingerprint density at radius 1 is 1.35 bits per heavy atom. The summed E-state index contributed by atoms with van der Waals surface area (Å²) in [6.45, 7) is -0.680. The van der Waals surface area contributed by atoms with Gasteiger partial charge in [-0.3, -0.25) is 15.0 Å². The van der Waals surface area contributed by atoms with Crippen molar-refractivity contribution in [2.45, 2.75) is 35.9 Å². The van der Waals surface area contributed by atoms with Crippen LogP contribution in [0.3, 0.4) is 0 Å². The molecule has 2 fully saturated rings. The minimum absolute atomic E-state index is 0.248. The number of ether oxygens (including phenoxy) is 1. The minimum atomic E-state index is -3.33. The van der Waals surface area contributed by atoms with Crippen LogP contribution in [0.2, 0.25) is 0 Å². The number of urea groups is 1. The van der Waals surface area contributed by atoms with Gasteiger partial charge in [-0.2, -0.15) is 0 Å². The van der Waals surface area contributed by atoms with Crippen LogP contribution in [0.15, 0.2) is 0 Å². The lowest BCUT2D eigenvalue weighted by molar-refractivity contribution is -0.173. The van der Waals surface area contributed by atoms with E-state index in [0.717, 1.165) is 0 Å². The van der Waals surface area contributed by atoms with Crippen molar-refractivity contribution >= 4 is 23.5 Å². The Bertz CT molecular complexity index is 437. The number of aliphatic hydroxyl groups is 4. The van der Waals surface area contributed by atoms with E-state index in [1.54, 1.807) is 5.32 Å². The van der Waals surface area contributed by atoms with Crippen LogP contribution < -0.4 is 5.32 Å². The van der Waals surface area contributed by atoms with Gasteiger partial charge in [0.1, 0.15) is 18.3 Å². The number of hydrogen-bond donors (Lipinski definition) is 5. The molecule has 3 unspecified atom stereocenters. The number of aliphatic hydroxyl groups excluding tert-OH is 4. The largest absolute Gasteiger partial charge is 0.394 e. The Morgan fingerprint density at radius 3 is 2.45 bits per heavy atom. The first kappa shape index (κ1) is 15.4. The van der Waals surface area contributed by atoms with E-state index in [0.29, 0.717) is 0 Å². The van der Waals surface area contributed by atoms with Crippen molar-refractivity contribution in [3.63, 3.8) is 0 Å². The molecular formula is C9H12ClFN2O7. The highest BCUT2D eigenvalue weighted by Gasteiger charge is 2.59. The third kappa shape index (κ3) is 2.14. The Labute approximate surface area is 116 Å². The molecule has 0 spiro atoms. The van der Waals surface area contributed by atoms with E-state index in [9.17, 15) is 29.3 Å². The Morgan fingerprint density at radius 2 is 1.95 bits per heavy atom. The summed E-state index contributed by atoms with van der Waals surface area (Å²) in [5.41, 5.74) is 0. The molecule has 0 saturated carbocycles. The van der Waals surface area contributed by atoms with Gasteiger partial charge in [-0.05, 0) is 0 Å². The maximum absolute atomic E-state index is 13.8. The number of carbonyl (C=O) groups excluding carboxylic acids is 2. The molecule has 0 aromatic carbocycles. The number of halogens is 2. The number of alkyl halides is 2. The highest BCUT2D eigenvalue weighted by molar-refractivity contribution is 6.35. The SMILES string of the molecule is O=C1NC(=O)C(F)(Cl)C(O)N1[C@@H]1O[C@H](CO)[C@H](O)C1O. The van der Waals surface area contributed by atoms with E-state index in [-0.39, 0.29) is 4.90 Å². The number of nitrogens with zero attached hydrogens (tertiary/aromatic N) is 1. The van der Waals surface area contributed by atoms with Crippen molar-refractivity contribution in [3.05, 3.63) is 0 Å². The quantitative estimate of drug-likeness (QED) is 0.347. The average Bonchev–Trinajstić information content (AvgIpc) is 2.65. The number of imide groups is 1. The van der Waals surface area contributed by atoms with Gasteiger partial charge in [-0.25, -0.2) is 9.18 Å². The zero-order valence-corrected chi connectivity index (χ0v) is 10.6. The lowest BCUT2D eigenvalue weighted by Crippen LogP contribution is -2.69. The van der Waals surface area contributed by atoms with Crippen LogP contribution in [0, 0.1) is 0 Å². The van der Waals surface area contributed by atoms with Gasteiger partial charge in [0.15, 0.2) is 12.5 Å². The Kier molecular flexibility index (Phi) is 3.88. The van der Waals surface area contributed by atoms with E-state index in [1.807, 2.05) is 0 Å². The van der Waals surface area contributed by atoms with Gasteiger partial charge in [0, 0.05) is 0 Å². The zero-order valence-electron chi connectivity index (χ0n) is 9.81. The molecule has 2 heterocycles. The fourth-order valence-corrected chi connectivity index (χ4v) is 2.16. The first-order valence-electron chi connectivity index (χ1n) is 5.54. The van der Waals surface area contributed by atoms with Crippen molar-refractivity contribution in [2.75, 3.05) is 6.61 Å². The van der Waals surface area contributed by atoms with Crippen molar-refractivity contribution in [1.29, 1.82) is 0 Å². The van der Waals surface area contributed by atoms with E-state index < -0.39 is 54.4 Å². The van der Waals surface area contributed by atoms with Gasteiger partial charge in [0.05, 0.1) is 6.61 Å². The molecule has 0 bridgehead atoms. The summed E-state index contributed by atoms with van der Waals surface area (Å²) in [5, 5.41) is 36.0. The van der Waals surface area contributed by atoms with Gasteiger partial charge >= 0.3 is 11.2 Å². The third-order valence-corrected chi connectivity index (χ3v) is 3.50. The summed E-state index contributed by atoms with van der Waals surface area (Å²) in [7, 11) is 0. The van der Waals surface area contributed by atoms with Crippen molar-refractivity contribution in [3.8, 4) is 0 Å². The predicted molar refractivity (Wildman–Crippen MR) is 58.8 cm³/mol. The van der Waals surface area contributed by atoms with E-state index in [4.69, 9.17) is 21.4 Å². The van der Waals surface area contributed by atoms with Crippen LogP contribution in [0.1, 0.15) is 0 Å². The Balaban J connectivity index is 2.28. The van der Waals surface area contributed by atoms with E-state index in [2.05, 4.69) is 0 Å². The zero-order chi connectivity index (χ0) is 15.2. The second-order valence-corrected chi connectivity index (χ2v) is 4.94. The average molecular weight is 315 g/mol. The maximum Gasteiger partial charge on any atom is 0.328 e. The van der Waals surface area contributed by atoms with E-state index >= 15 is 0 Å². The number of carbonyl (C=O) groups is 2. The molecular weight excluding hydrogens is 303 g/mol. The fraction of sp³-hybridized carbons (Fsp3) is 0.778. The van der Waals surface area contributed by atoms with Crippen molar-refractivity contribution < 1.29 is 39.1 Å². The molecule has 0 aliphatic carbocycles. The number of hydrogen-bond acceptors (Lipinski definition) is 7. The second-order valence-electron chi connectivity index (χ2n) is 4.39. The maximum atomic E-state index is 13.8. The summed E-state index contributed by atoms with van der Waals surface area (Å²) in [5.74, 6) is -1.56. The molecule has 2 aliphatic heterocycles. The van der Waals surface area contributed by atoms with Crippen molar-refractivity contribution in [1.82, 2.24) is 10.2 Å². The minimum Gasteiger partial charge on any atom is -0.394 e. The molecule has 2 saturated heterocycles. The van der Waals surface area contributed by atoms with Crippen molar-refractivity contribution in [2.24, 2.45) is 0 Å². The van der Waals surface area contributed by atoms with Crippen LogP contribution in [0.25, 0.3) is 0 Å². The molecule has 5 N–H and O–H groups in total. The standard InChI is InChI=1S/C9H12ClFN2O7/c10-9(11)6(17)12-8(19)13(7(9)18)5-4(16)3(15)2(1-14)20-5/h2-5,7,14-16,18H,1H2,(H,12,17,19)/t2-,3+,4?,5-,7?,9?/m1/s1.